The first kappa shape index (κ1) is 16.1. The Hall–Kier alpha value is -1.43. The lowest BCUT2D eigenvalue weighted by atomic mass is 10.2. The zero-order valence-electron chi connectivity index (χ0n) is 13.4. The molecule has 4 nitrogen and oxygen atoms in total. The topological polar surface area (TPSA) is 36.4 Å². The van der Waals surface area contributed by atoms with Crippen molar-refractivity contribution < 1.29 is 4.79 Å². The van der Waals surface area contributed by atoms with Crippen molar-refractivity contribution in [2.45, 2.75) is 19.4 Å². The fraction of sp³-hybridized carbons (Fsp3) is 0.444. The number of aromatic nitrogens is 1. The largest absolute Gasteiger partial charge is 0.340 e. The molecule has 1 aromatic heterocycles. The maximum absolute atomic E-state index is 12.1. The minimum atomic E-state index is 0.331. The third-order valence-electron chi connectivity index (χ3n) is 4.64. The first-order valence-electron chi connectivity index (χ1n) is 8.40. The summed E-state index contributed by atoms with van der Waals surface area (Å²) in [6.07, 6.45) is 2.18. The number of piperazine rings is 1. The van der Waals surface area contributed by atoms with Crippen molar-refractivity contribution in [1.29, 1.82) is 0 Å². The summed E-state index contributed by atoms with van der Waals surface area (Å²) in [6, 6.07) is 7.81. The van der Waals surface area contributed by atoms with Crippen LogP contribution in [0.5, 0.6) is 0 Å². The second kappa shape index (κ2) is 6.82. The van der Waals surface area contributed by atoms with Crippen molar-refractivity contribution in [3.8, 4) is 10.6 Å². The van der Waals surface area contributed by atoms with Crippen molar-refractivity contribution in [3.05, 3.63) is 40.4 Å². The molecule has 2 aromatic rings. The number of benzene rings is 1. The minimum Gasteiger partial charge on any atom is -0.340 e. The molecule has 1 aromatic carbocycles. The van der Waals surface area contributed by atoms with E-state index >= 15 is 0 Å². The van der Waals surface area contributed by atoms with E-state index in [1.807, 2.05) is 29.2 Å². The lowest BCUT2D eigenvalue weighted by Gasteiger charge is -2.34. The number of hydrogen-bond donors (Lipinski definition) is 0. The lowest BCUT2D eigenvalue weighted by molar-refractivity contribution is -0.134. The van der Waals surface area contributed by atoms with E-state index in [1.165, 1.54) is 0 Å². The first-order chi connectivity index (χ1) is 11.7. The van der Waals surface area contributed by atoms with Crippen molar-refractivity contribution in [3.63, 3.8) is 0 Å². The van der Waals surface area contributed by atoms with Crippen LogP contribution in [0.1, 0.15) is 18.5 Å². The second-order valence-electron chi connectivity index (χ2n) is 6.53. The maximum atomic E-state index is 12.1. The predicted octanol–water partition coefficient (Wildman–Crippen LogP) is 3.52. The first-order valence-corrected chi connectivity index (χ1v) is 9.66. The highest BCUT2D eigenvalue weighted by molar-refractivity contribution is 7.13. The predicted molar refractivity (Wildman–Crippen MR) is 97.1 cm³/mol. The van der Waals surface area contributed by atoms with Crippen LogP contribution in [0.3, 0.4) is 0 Å². The van der Waals surface area contributed by atoms with E-state index in [1.54, 1.807) is 11.3 Å². The summed E-state index contributed by atoms with van der Waals surface area (Å²) in [7, 11) is 0. The number of carbonyl (C=O) groups is 1. The monoisotopic (exact) mass is 361 g/mol. The normalized spacial score (nSPS) is 18.8. The highest BCUT2D eigenvalue weighted by atomic mass is 35.5. The van der Waals surface area contributed by atoms with Crippen LogP contribution in [0.25, 0.3) is 10.6 Å². The number of hydrogen-bond acceptors (Lipinski definition) is 4. The summed E-state index contributed by atoms with van der Waals surface area (Å²) in [5.74, 6) is 0.699. The van der Waals surface area contributed by atoms with Crippen LogP contribution in [0.4, 0.5) is 0 Å². The van der Waals surface area contributed by atoms with E-state index < -0.39 is 0 Å². The van der Waals surface area contributed by atoms with Gasteiger partial charge >= 0.3 is 0 Å². The smallest absolute Gasteiger partial charge is 0.225 e. The molecular formula is C18H20ClN3OS. The Morgan fingerprint density at radius 2 is 1.88 bits per heavy atom. The van der Waals surface area contributed by atoms with Crippen molar-refractivity contribution >= 4 is 28.8 Å². The van der Waals surface area contributed by atoms with Gasteiger partial charge in [0.1, 0.15) is 5.01 Å². The van der Waals surface area contributed by atoms with Crippen LogP contribution in [0.2, 0.25) is 5.02 Å². The van der Waals surface area contributed by atoms with Gasteiger partial charge in [0.25, 0.3) is 0 Å². The Kier molecular flexibility index (Phi) is 4.57. The molecule has 0 N–H and O–H groups in total. The van der Waals surface area contributed by atoms with Gasteiger partial charge in [-0.3, -0.25) is 9.69 Å². The van der Waals surface area contributed by atoms with E-state index in [9.17, 15) is 4.79 Å². The SMILES string of the molecule is O=C(C1CC1)N1CCN(Cc2csc(-c3ccc(Cl)cc3)n2)CC1. The van der Waals surface area contributed by atoms with Crippen LogP contribution in [-0.2, 0) is 11.3 Å². The number of nitrogens with zero attached hydrogens (tertiary/aromatic N) is 3. The summed E-state index contributed by atoms with van der Waals surface area (Å²) in [5.41, 5.74) is 2.21. The van der Waals surface area contributed by atoms with E-state index in [-0.39, 0.29) is 0 Å². The van der Waals surface area contributed by atoms with Gasteiger partial charge in [-0.15, -0.1) is 11.3 Å². The molecule has 2 aliphatic rings. The Labute approximate surface area is 151 Å². The third-order valence-corrected chi connectivity index (χ3v) is 5.83. The van der Waals surface area contributed by atoms with Crippen molar-refractivity contribution in [1.82, 2.24) is 14.8 Å². The quantitative estimate of drug-likeness (QED) is 0.836. The van der Waals surface area contributed by atoms with Crippen LogP contribution in [0, 0.1) is 5.92 Å². The van der Waals surface area contributed by atoms with Crippen LogP contribution in [-0.4, -0.2) is 46.9 Å². The average Bonchev–Trinajstić information content (AvgIpc) is 3.35. The van der Waals surface area contributed by atoms with Gasteiger partial charge in [-0.2, -0.15) is 0 Å². The van der Waals surface area contributed by atoms with Gasteiger partial charge in [0.05, 0.1) is 5.69 Å². The molecule has 2 heterocycles. The van der Waals surface area contributed by atoms with Crippen molar-refractivity contribution in [2.24, 2.45) is 5.92 Å². The van der Waals surface area contributed by atoms with Crippen molar-refractivity contribution in [2.75, 3.05) is 26.2 Å². The van der Waals surface area contributed by atoms with Crippen LogP contribution in [0.15, 0.2) is 29.6 Å². The minimum absolute atomic E-state index is 0.331. The second-order valence-corrected chi connectivity index (χ2v) is 7.82. The van der Waals surface area contributed by atoms with E-state index in [4.69, 9.17) is 16.6 Å². The Balaban J connectivity index is 1.33. The molecule has 2 fully saturated rings. The zero-order valence-corrected chi connectivity index (χ0v) is 15.0. The van der Waals surface area contributed by atoms with Gasteiger partial charge in [0, 0.05) is 54.6 Å². The molecule has 1 saturated heterocycles. The number of carbonyl (C=O) groups excluding carboxylic acids is 1. The molecule has 0 unspecified atom stereocenters. The summed E-state index contributed by atoms with van der Waals surface area (Å²) in [4.78, 5) is 21.3. The summed E-state index contributed by atoms with van der Waals surface area (Å²) >= 11 is 7.61. The van der Waals surface area contributed by atoms with Gasteiger partial charge in [-0.25, -0.2) is 4.98 Å². The molecule has 4 rings (SSSR count). The maximum Gasteiger partial charge on any atom is 0.225 e. The van der Waals surface area contributed by atoms with Gasteiger partial charge in [-0.05, 0) is 25.0 Å². The summed E-state index contributed by atoms with van der Waals surface area (Å²) in [5, 5.41) is 3.91. The number of rotatable bonds is 4. The average molecular weight is 362 g/mol. The Morgan fingerprint density at radius 1 is 1.17 bits per heavy atom. The molecule has 126 valence electrons. The van der Waals surface area contributed by atoms with Crippen LogP contribution >= 0.6 is 22.9 Å². The highest BCUT2D eigenvalue weighted by Gasteiger charge is 2.34. The van der Waals surface area contributed by atoms with E-state index in [0.29, 0.717) is 11.8 Å². The number of halogens is 1. The standard InChI is InChI=1S/C18H20ClN3OS/c19-15-5-3-13(4-6-15)17-20-16(12-24-17)11-21-7-9-22(10-8-21)18(23)14-1-2-14/h3-6,12,14H,1-2,7-11H2. The van der Waals surface area contributed by atoms with Crippen LogP contribution < -0.4 is 0 Å². The Morgan fingerprint density at radius 3 is 2.54 bits per heavy atom. The molecule has 1 aliphatic carbocycles. The fourth-order valence-corrected chi connectivity index (χ4v) is 3.99. The fourth-order valence-electron chi connectivity index (χ4n) is 3.05. The highest BCUT2D eigenvalue weighted by Crippen LogP contribution is 2.31. The number of thiazole rings is 1. The van der Waals surface area contributed by atoms with Gasteiger partial charge in [0.2, 0.25) is 5.91 Å². The zero-order chi connectivity index (χ0) is 16.5. The third kappa shape index (κ3) is 3.63. The molecule has 0 spiro atoms. The van der Waals surface area contributed by atoms with E-state index in [0.717, 1.165) is 66.9 Å². The lowest BCUT2D eigenvalue weighted by Crippen LogP contribution is -2.48. The van der Waals surface area contributed by atoms with Gasteiger partial charge in [0.15, 0.2) is 0 Å². The van der Waals surface area contributed by atoms with E-state index in [2.05, 4.69) is 10.3 Å². The Bertz CT molecular complexity index is 718. The van der Waals surface area contributed by atoms with Gasteiger partial charge in [-0.1, -0.05) is 23.7 Å². The molecule has 1 amide bonds. The molecule has 1 aliphatic heterocycles. The molecule has 24 heavy (non-hydrogen) atoms. The van der Waals surface area contributed by atoms with Gasteiger partial charge < -0.3 is 4.90 Å². The molecule has 0 bridgehead atoms. The molecule has 1 saturated carbocycles. The molecule has 0 atom stereocenters. The number of amides is 1. The summed E-state index contributed by atoms with van der Waals surface area (Å²) < 4.78 is 0. The molecular weight excluding hydrogens is 342 g/mol. The molecule has 6 heteroatoms. The summed E-state index contributed by atoms with van der Waals surface area (Å²) in [6.45, 7) is 4.43. The molecule has 0 radical (unpaired) electrons.